The molecule has 0 saturated heterocycles. The molecule has 0 bridgehead atoms. The van der Waals surface area contributed by atoms with E-state index in [-0.39, 0.29) is 71.3 Å². The monoisotopic (exact) mass is 458 g/mol. The van der Waals surface area contributed by atoms with Gasteiger partial charge in [0.1, 0.15) is 10.1 Å². The van der Waals surface area contributed by atoms with E-state index < -0.39 is 32.5 Å². The average Bonchev–Trinajstić information content (AvgIpc) is 2.64. The molecule has 0 atom stereocenters. The molecule has 0 spiro atoms. The van der Waals surface area contributed by atoms with Crippen molar-refractivity contribution in [1.82, 2.24) is 0 Å². The number of ether oxygens (including phenoxy) is 1. The van der Waals surface area contributed by atoms with Gasteiger partial charge in [-0.1, -0.05) is 64.7 Å². The van der Waals surface area contributed by atoms with E-state index in [0.29, 0.717) is 12.5 Å². The quantitative estimate of drug-likeness (QED) is 0.126. The summed E-state index contributed by atoms with van der Waals surface area (Å²) < 4.78 is 38.0. The molecule has 0 amide bonds. The summed E-state index contributed by atoms with van der Waals surface area (Å²) in [4.78, 5) is 22.5. The molecule has 0 aromatic heterocycles. The molecular formula is C20H28Na2O7S. The van der Waals surface area contributed by atoms with Gasteiger partial charge in [-0.3, -0.25) is 0 Å². The number of carbonyl (C=O) groups excluding carboxylic acids is 2. The number of carbonyl (C=O) groups is 2. The number of carboxylic acids is 1. The third-order valence-electron chi connectivity index (χ3n) is 4.45. The van der Waals surface area contributed by atoms with Crippen LogP contribution in [0.15, 0.2) is 23.1 Å². The molecule has 0 aliphatic carbocycles. The maximum atomic E-state index is 12.1. The van der Waals surface area contributed by atoms with Crippen molar-refractivity contribution in [1.29, 1.82) is 0 Å². The average molecular weight is 458 g/mol. The fourth-order valence-electron chi connectivity index (χ4n) is 2.86. The van der Waals surface area contributed by atoms with Gasteiger partial charge >= 0.3 is 65.1 Å². The smallest absolute Gasteiger partial charge is 0.744 e. The van der Waals surface area contributed by atoms with Gasteiger partial charge in [0, 0.05) is 5.56 Å². The Hall–Kier alpha value is 0.0700. The van der Waals surface area contributed by atoms with Crippen molar-refractivity contribution < 1.29 is 91.5 Å². The molecule has 1 aromatic carbocycles. The first-order valence-corrected chi connectivity index (χ1v) is 11.2. The molecule has 10 heteroatoms. The van der Waals surface area contributed by atoms with Crippen LogP contribution < -0.4 is 64.2 Å². The SMILES string of the molecule is CCCCCCCCCCCCOC(=O)c1ccc(S(=O)(=O)[O-])cc1C(=O)[O-].[Na+].[Na+]. The molecule has 158 valence electrons. The van der Waals surface area contributed by atoms with Crippen LogP contribution in [0.1, 0.15) is 91.8 Å². The maximum Gasteiger partial charge on any atom is 1.00 e. The van der Waals surface area contributed by atoms with Gasteiger partial charge in [0.2, 0.25) is 0 Å². The topological polar surface area (TPSA) is 124 Å². The zero-order valence-electron chi connectivity index (χ0n) is 18.3. The molecule has 0 saturated carbocycles. The summed E-state index contributed by atoms with van der Waals surface area (Å²) in [7, 11) is -4.83. The van der Waals surface area contributed by atoms with Gasteiger partial charge in [0.25, 0.3) is 0 Å². The van der Waals surface area contributed by atoms with Gasteiger partial charge < -0.3 is 19.2 Å². The van der Waals surface area contributed by atoms with E-state index in [2.05, 4.69) is 6.92 Å². The number of unbranched alkanes of at least 4 members (excludes halogenated alkanes) is 9. The summed E-state index contributed by atoms with van der Waals surface area (Å²) in [6, 6.07) is 2.46. The van der Waals surface area contributed by atoms with Gasteiger partial charge in [-0.25, -0.2) is 13.2 Å². The number of hydrogen-bond donors (Lipinski definition) is 0. The summed E-state index contributed by atoms with van der Waals surface area (Å²) in [6.07, 6.45) is 11.3. The maximum absolute atomic E-state index is 12.1. The zero-order valence-corrected chi connectivity index (χ0v) is 23.1. The van der Waals surface area contributed by atoms with Crippen molar-refractivity contribution in [2.75, 3.05) is 6.61 Å². The molecule has 0 unspecified atom stereocenters. The summed E-state index contributed by atoms with van der Waals surface area (Å²) >= 11 is 0. The van der Waals surface area contributed by atoms with E-state index >= 15 is 0 Å². The Morgan fingerprint density at radius 3 is 1.83 bits per heavy atom. The van der Waals surface area contributed by atoms with Gasteiger partial charge in [-0.2, -0.15) is 0 Å². The van der Waals surface area contributed by atoms with Crippen LogP contribution in [0.4, 0.5) is 0 Å². The molecule has 0 heterocycles. The summed E-state index contributed by atoms with van der Waals surface area (Å²) in [5, 5.41) is 11.1. The number of esters is 1. The molecule has 30 heavy (non-hydrogen) atoms. The van der Waals surface area contributed by atoms with Crippen LogP contribution in [-0.2, 0) is 14.9 Å². The van der Waals surface area contributed by atoms with Crippen molar-refractivity contribution in [2.24, 2.45) is 0 Å². The Balaban J connectivity index is 0. The first kappa shape index (κ1) is 32.3. The fraction of sp³-hybridized carbons (Fsp3) is 0.600. The van der Waals surface area contributed by atoms with E-state index in [0.717, 1.165) is 31.4 Å². The molecule has 1 rings (SSSR count). The predicted octanol–water partition coefficient (Wildman–Crippen LogP) is -2.96. The second-order valence-corrected chi connectivity index (χ2v) is 8.15. The third kappa shape index (κ3) is 12.8. The predicted molar refractivity (Wildman–Crippen MR) is 101 cm³/mol. The van der Waals surface area contributed by atoms with Gasteiger partial charge in [0.05, 0.1) is 23.0 Å². The second kappa shape index (κ2) is 17.6. The molecule has 0 radical (unpaired) electrons. The van der Waals surface area contributed by atoms with Crippen LogP contribution >= 0.6 is 0 Å². The van der Waals surface area contributed by atoms with E-state index in [1.165, 1.54) is 38.5 Å². The second-order valence-electron chi connectivity index (χ2n) is 6.77. The van der Waals surface area contributed by atoms with Crippen molar-refractivity contribution in [3.05, 3.63) is 29.3 Å². The molecule has 1 aromatic rings. The van der Waals surface area contributed by atoms with Crippen molar-refractivity contribution in [2.45, 2.75) is 76.0 Å². The van der Waals surface area contributed by atoms with Crippen LogP contribution in [0.5, 0.6) is 0 Å². The first-order chi connectivity index (χ1) is 13.3. The fourth-order valence-corrected chi connectivity index (χ4v) is 3.35. The molecule has 0 fully saturated rings. The number of rotatable bonds is 14. The van der Waals surface area contributed by atoms with Crippen molar-refractivity contribution in [3.8, 4) is 0 Å². The first-order valence-electron chi connectivity index (χ1n) is 9.75. The summed E-state index contributed by atoms with van der Waals surface area (Å²) in [5.41, 5.74) is -1.01. The Bertz CT molecular complexity index is 752. The van der Waals surface area contributed by atoms with Crippen LogP contribution in [-0.4, -0.2) is 31.5 Å². The molecule has 0 aliphatic heterocycles. The Kier molecular flexibility index (Phi) is 18.9. The normalized spacial score (nSPS) is 10.6. The van der Waals surface area contributed by atoms with E-state index in [1.54, 1.807) is 0 Å². The third-order valence-corrected chi connectivity index (χ3v) is 5.28. The molecule has 7 nitrogen and oxygen atoms in total. The van der Waals surface area contributed by atoms with Gasteiger partial charge in [-0.05, 0) is 24.6 Å². The minimum atomic E-state index is -4.83. The van der Waals surface area contributed by atoms with Gasteiger partial charge in [-0.15, -0.1) is 0 Å². The minimum Gasteiger partial charge on any atom is -0.744 e. The number of aromatic carboxylic acids is 1. The Morgan fingerprint density at radius 2 is 1.37 bits per heavy atom. The largest absolute Gasteiger partial charge is 1.00 e. The number of benzene rings is 1. The Morgan fingerprint density at radius 1 is 0.867 bits per heavy atom. The van der Waals surface area contributed by atoms with E-state index in [4.69, 9.17) is 4.74 Å². The molecular weight excluding hydrogens is 430 g/mol. The minimum absolute atomic E-state index is 0. The van der Waals surface area contributed by atoms with Crippen LogP contribution in [0.25, 0.3) is 0 Å². The summed E-state index contributed by atoms with van der Waals surface area (Å²) in [6.45, 7) is 2.33. The van der Waals surface area contributed by atoms with E-state index in [1.807, 2.05) is 0 Å². The number of carboxylic acid groups (broad SMARTS) is 1. The van der Waals surface area contributed by atoms with Gasteiger partial charge in [0.15, 0.2) is 0 Å². The molecule has 0 aliphatic rings. The van der Waals surface area contributed by atoms with Crippen LogP contribution in [0.2, 0.25) is 0 Å². The zero-order chi connectivity index (χ0) is 21.0. The number of hydrogen-bond acceptors (Lipinski definition) is 7. The summed E-state index contributed by atoms with van der Waals surface area (Å²) in [5.74, 6) is -2.64. The van der Waals surface area contributed by atoms with Crippen molar-refractivity contribution >= 4 is 22.1 Å². The van der Waals surface area contributed by atoms with Crippen LogP contribution in [0.3, 0.4) is 0 Å². The van der Waals surface area contributed by atoms with Crippen molar-refractivity contribution in [3.63, 3.8) is 0 Å². The Labute approximate surface area is 223 Å². The standard InChI is InChI=1S/C20H30O7S.2Na/c1-2-3-4-5-6-7-8-9-10-11-14-27-20(23)17-13-12-16(28(24,25)26)15-18(17)19(21)22;;/h12-13,15H,2-11,14H2,1H3,(H,21,22)(H,24,25,26);;/q;2*+1/p-2. The van der Waals surface area contributed by atoms with E-state index in [9.17, 15) is 27.7 Å². The van der Waals surface area contributed by atoms with Crippen LogP contribution in [0, 0.1) is 0 Å². The molecule has 0 N–H and O–H groups in total.